The average Bonchev–Trinajstić information content (AvgIpc) is 2.54. The first-order chi connectivity index (χ1) is 11.0. The predicted octanol–water partition coefficient (Wildman–Crippen LogP) is 2.90. The van der Waals surface area contributed by atoms with Crippen LogP contribution in [0.5, 0.6) is 0 Å². The maximum Gasteiger partial charge on any atom is 0.261 e. The van der Waals surface area contributed by atoms with Crippen LogP contribution < -0.4 is 10.9 Å². The third-order valence-corrected chi connectivity index (χ3v) is 5.09. The van der Waals surface area contributed by atoms with Gasteiger partial charge < -0.3 is 10.3 Å². The van der Waals surface area contributed by atoms with Gasteiger partial charge in [0, 0.05) is 18.7 Å². The van der Waals surface area contributed by atoms with Crippen molar-refractivity contribution < 1.29 is 4.79 Å². The highest BCUT2D eigenvalue weighted by molar-refractivity contribution is 7.71. The van der Waals surface area contributed by atoms with Gasteiger partial charge >= 0.3 is 0 Å². The number of benzene rings is 1. The van der Waals surface area contributed by atoms with Gasteiger partial charge in [-0.2, -0.15) is 0 Å². The summed E-state index contributed by atoms with van der Waals surface area (Å²) in [5.74, 6) is 0.659. The molecule has 0 spiro atoms. The van der Waals surface area contributed by atoms with Gasteiger partial charge in [-0.05, 0) is 62.0 Å². The van der Waals surface area contributed by atoms with Crippen LogP contribution in [0.1, 0.15) is 43.0 Å². The van der Waals surface area contributed by atoms with Crippen molar-refractivity contribution in [2.45, 2.75) is 38.6 Å². The molecule has 0 radical (unpaired) electrons. The number of nitrogens with zero attached hydrogens (tertiary/aromatic N) is 1. The van der Waals surface area contributed by atoms with Gasteiger partial charge in [-0.1, -0.05) is 6.92 Å². The molecule has 0 unspecified atom stereocenters. The molecule has 0 bridgehead atoms. The zero-order chi connectivity index (χ0) is 16.6. The second-order valence-corrected chi connectivity index (χ2v) is 6.87. The molecule has 0 aliphatic heterocycles. The van der Waals surface area contributed by atoms with Gasteiger partial charge in [0.1, 0.15) is 0 Å². The van der Waals surface area contributed by atoms with Crippen LogP contribution >= 0.6 is 12.2 Å². The average molecular weight is 331 g/mol. The van der Waals surface area contributed by atoms with Gasteiger partial charge in [-0.3, -0.25) is 14.2 Å². The first kappa shape index (κ1) is 15.9. The summed E-state index contributed by atoms with van der Waals surface area (Å²) < 4.78 is 1.74. The lowest BCUT2D eigenvalue weighted by Crippen LogP contribution is -2.37. The fourth-order valence-electron chi connectivity index (χ4n) is 3.12. The molecule has 23 heavy (non-hydrogen) atoms. The van der Waals surface area contributed by atoms with Crippen molar-refractivity contribution in [1.29, 1.82) is 0 Å². The van der Waals surface area contributed by atoms with Crippen LogP contribution in [0.2, 0.25) is 0 Å². The summed E-state index contributed by atoms with van der Waals surface area (Å²) in [6.07, 6.45) is 4.38. The molecule has 122 valence electrons. The van der Waals surface area contributed by atoms with Crippen molar-refractivity contribution in [3.63, 3.8) is 0 Å². The number of rotatable bonds is 2. The van der Waals surface area contributed by atoms with Gasteiger partial charge in [-0.25, -0.2) is 0 Å². The Balaban J connectivity index is 1.85. The number of amides is 1. The summed E-state index contributed by atoms with van der Waals surface area (Å²) >= 11 is 5.13. The largest absolute Gasteiger partial charge is 0.349 e. The first-order valence-electron chi connectivity index (χ1n) is 7.99. The second-order valence-electron chi connectivity index (χ2n) is 6.48. The lowest BCUT2D eigenvalue weighted by atomic mass is 9.87. The van der Waals surface area contributed by atoms with Crippen molar-refractivity contribution in [2.24, 2.45) is 13.0 Å². The van der Waals surface area contributed by atoms with Crippen LogP contribution in [0.25, 0.3) is 10.9 Å². The molecule has 2 aromatic rings. The van der Waals surface area contributed by atoms with Crippen LogP contribution in [0.4, 0.5) is 0 Å². The van der Waals surface area contributed by atoms with Crippen LogP contribution in [-0.2, 0) is 7.05 Å². The second kappa shape index (κ2) is 6.28. The molecule has 1 saturated carbocycles. The van der Waals surface area contributed by atoms with E-state index in [1.165, 1.54) is 4.57 Å². The minimum absolute atomic E-state index is 0.0913. The monoisotopic (exact) mass is 331 g/mol. The number of H-pyrrole nitrogens is 1. The van der Waals surface area contributed by atoms with Gasteiger partial charge in [0.15, 0.2) is 4.77 Å². The molecule has 3 rings (SSSR count). The van der Waals surface area contributed by atoms with E-state index < -0.39 is 0 Å². The maximum atomic E-state index is 12.4. The number of hydrogen-bond acceptors (Lipinski definition) is 3. The zero-order valence-electron chi connectivity index (χ0n) is 13.4. The third kappa shape index (κ3) is 3.22. The number of nitrogens with one attached hydrogen (secondary N) is 2. The normalized spacial score (nSPS) is 21.3. The van der Waals surface area contributed by atoms with Crippen molar-refractivity contribution in [3.05, 3.63) is 38.9 Å². The molecule has 5 nitrogen and oxygen atoms in total. The molecule has 1 fully saturated rings. The summed E-state index contributed by atoms with van der Waals surface area (Å²) in [6.45, 7) is 2.25. The lowest BCUT2D eigenvalue weighted by molar-refractivity contribution is 0.0923. The van der Waals surface area contributed by atoms with Crippen molar-refractivity contribution in [3.8, 4) is 0 Å². The topological polar surface area (TPSA) is 66.9 Å². The Labute approximate surface area is 139 Å². The van der Waals surface area contributed by atoms with E-state index in [9.17, 15) is 9.59 Å². The molecule has 1 aliphatic rings. The molecule has 0 saturated heterocycles. The summed E-state index contributed by atoms with van der Waals surface area (Å²) in [5, 5.41) is 3.63. The third-order valence-electron chi connectivity index (χ3n) is 4.71. The Kier molecular flexibility index (Phi) is 4.35. The highest BCUT2D eigenvalue weighted by atomic mass is 32.1. The highest BCUT2D eigenvalue weighted by Gasteiger charge is 2.20. The van der Waals surface area contributed by atoms with E-state index in [2.05, 4.69) is 17.2 Å². The Morgan fingerprint density at radius 1 is 1.30 bits per heavy atom. The summed E-state index contributed by atoms with van der Waals surface area (Å²) in [6, 6.07) is 5.33. The van der Waals surface area contributed by atoms with E-state index in [1.807, 2.05) is 0 Å². The van der Waals surface area contributed by atoms with Crippen molar-refractivity contribution in [2.75, 3.05) is 0 Å². The molecular weight excluding hydrogens is 310 g/mol. The van der Waals surface area contributed by atoms with Crippen LogP contribution in [-0.4, -0.2) is 21.5 Å². The molecule has 1 amide bonds. The summed E-state index contributed by atoms with van der Waals surface area (Å²) in [5.41, 5.74) is 0.995. The van der Waals surface area contributed by atoms with E-state index in [0.717, 1.165) is 31.6 Å². The minimum Gasteiger partial charge on any atom is -0.349 e. The number of fused-ring (bicyclic) bond motifs is 1. The van der Waals surface area contributed by atoms with Crippen molar-refractivity contribution >= 4 is 29.0 Å². The Morgan fingerprint density at radius 2 is 2.00 bits per heavy atom. The van der Waals surface area contributed by atoms with Gasteiger partial charge in [0.05, 0.1) is 10.9 Å². The summed E-state index contributed by atoms with van der Waals surface area (Å²) in [7, 11) is 1.63. The fourth-order valence-corrected chi connectivity index (χ4v) is 3.31. The number of hydrogen-bond donors (Lipinski definition) is 2. The zero-order valence-corrected chi connectivity index (χ0v) is 14.2. The SMILES string of the molecule is CC1CCC(NC(=O)c2ccc3c(=O)n(C)c(=S)[nH]c3c2)CC1. The fraction of sp³-hybridized carbons (Fsp3) is 0.471. The number of carbonyl (C=O) groups excluding carboxylic acids is 1. The molecule has 1 aliphatic carbocycles. The number of carbonyl (C=O) groups is 1. The molecule has 2 N–H and O–H groups in total. The number of aromatic amines is 1. The Bertz CT molecular complexity index is 860. The minimum atomic E-state index is -0.156. The lowest BCUT2D eigenvalue weighted by Gasteiger charge is -2.26. The van der Waals surface area contributed by atoms with Gasteiger partial charge in [0.2, 0.25) is 0 Å². The van der Waals surface area contributed by atoms with E-state index in [0.29, 0.717) is 21.2 Å². The standard InChI is InChI=1S/C17H21N3O2S/c1-10-3-6-12(7-4-10)18-15(21)11-5-8-13-14(9-11)19-17(23)20(2)16(13)22/h5,8-10,12H,3-4,6-7H2,1-2H3,(H,18,21)(H,19,23). The molecule has 1 aromatic carbocycles. The maximum absolute atomic E-state index is 12.4. The molecular formula is C17H21N3O2S. The van der Waals surface area contributed by atoms with E-state index in [1.54, 1.807) is 25.2 Å². The van der Waals surface area contributed by atoms with E-state index >= 15 is 0 Å². The predicted molar refractivity (Wildman–Crippen MR) is 93.3 cm³/mol. The van der Waals surface area contributed by atoms with Crippen LogP contribution in [0, 0.1) is 10.7 Å². The van der Waals surface area contributed by atoms with Crippen molar-refractivity contribution in [1.82, 2.24) is 14.9 Å². The van der Waals surface area contributed by atoms with E-state index in [-0.39, 0.29) is 17.5 Å². The molecule has 1 heterocycles. The molecule has 6 heteroatoms. The smallest absolute Gasteiger partial charge is 0.261 e. The first-order valence-corrected chi connectivity index (χ1v) is 8.40. The Morgan fingerprint density at radius 3 is 2.70 bits per heavy atom. The van der Waals surface area contributed by atoms with E-state index in [4.69, 9.17) is 12.2 Å². The van der Waals surface area contributed by atoms with Gasteiger partial charge in [-0.15, -0.1) is 0 Å². The molecule has 1 aromatic heterocycles. The Hall–Kier alpha value is -1.95. The summed E-state index contributed by atoms with van der Waals surface area (Å²) in [4.78, 5) is 27.6. The highest BCUT2D eigenvalue weighted by Crippen LogP contribution is 2.23. The van der Waals surface area contributed by atoms with Crippen LogP contribution in [0.3, 0.4) is 0 Å². The number of aromatic nitrogens is 2. The molecule has 0 atom stereocenters. The van der Waals surface area contributed by atoms with Gasteiger partial charge in [0.25, 0.3) is 11.5 Å². The van der Waals surface area contributed by atoms with Crippen LogP contribution in [0.15, 0.2) is 23.0 Å². The quantitative estimate of drug-likeness (QED) is 0.832.